The van der Waals surface area contributed by atoms with E-state index in [1.165, 1.54) is 6.07 Å². The molecule has 0 radical (unpaired) electrons. The molecule has 2 rings (SSSR count). The van der Waals surface area contributed by atoms with Crippen LogP contribution in [0.15, 0.2) is 46.9 Å². The molecule has 0 fully saturated rings. The first-order chi connectivity index (χ1) is 8.69. The maximum Gasteiger partial charge on any atom is 0.146 e. The van der Waals surface area contributed by atoms with E-state index in [-0.39, 0.29) is 5.82 Å². The van der Waals surface area contributed by atoms with Gasteiger partial charge in [-0.2, -0.15) is 0 Å². The van der Waals surface area contributed by atoms with Gasteiger partial charge in [-0.3, -0.25) is 0 Å². The molecule has 0 aliphatic heterocycles. The summed E-state index contributed by atoms with van der Waals surface area (Å²) in [6.45, 7) is 0.595. The number of rotatable bonds is 4. The summed E-state index contributed by atoms with van der Waals surface area (Å²) in [7, 11) is 1.88. The minimum Gasteiger partial charge on any atom is -0.388 e. The summed E-state index contributed by atoms with van der Waals surface area (Å²) in [6, 6.07) is 12.9. The van der Waals surface area contributed by atoms with Gasteiger partial charge < -0.3 is 10.6 Å². The second-order valence-corrected chi connectivity index (χ2v) is 4.84. The molecule has 0 unspecified atom stereocenters. The van der Waals surface area contributed by atoms with Crippen LogP contribution in [0.25, 0.3) is 0 Å². The Morgan fingerprint density at radius 1 is 1.11 bits per heavy atom. The highest BCUT2D eigenvalue weighted by atomic mass is 79.9. The third-order valence-electron chi connectivity index (χ3n) is 2.65. The van der Waals surface area contributed by atoms with Crippen LogP contribution in [0.3, 0.4) is 0 Å². The first-order valence-electron chi connectivity index (χ1n) is 5.64. The Morgan fingerprint density at radius 3 is 2.50 bits per heavy atom. The highest BCUT2D eigenvalue weighted by molar-refractivity contribution is 9.10. The lowest BCUT2D eigenvalue weighted by molar-refractivity contribution is 0.630. The molecule has 0 amide bonds. The molecule has 94 valence electrons. The molecule has 2 nitrogen and oxygen atoms in total. The second-order valence-electron chi connectivity index (χ2n) is 3.92. The molecule has 2 aromatic rings. The normalized spacial score (nSPS) is 10.2. The highest BCUT2D eigenvalue weighted by Crippen LogP contribution is 2.20. The van der Waals surface area contributed by atoms with Gasteiger partial charge >= 0.3 is 0 Å². The molecule has 0 saturated heterocycles. The summed E-state index contributed by atoms with van der Waals surface area (Å²) in [5, 5.41) is 6.14. The van der Waals surface area contributed by atoms with Gasteiger partial charge in [-0.25, -0.2) is 4.39 Å². The smallest absolute Gasteiger partial charge is 0.146 e. The maximum absolute atomic E-state index is 13.5. The van der Waals surface area contributed by atoms with Gasteiger partial charge in [-0.1, -0.05) is 28.1 Å². The van der Waals surface area contributed by atoms with Crippen molar-refractivity contribution in [2.45, 2.75) is 6.54 Å². The molecule has 0 aliphatic rings. The van der Waals surface area contributed by atoms with Crippen molar-refractivity contribution < 1.29 is 4.39 Å². The van der Waals surface area contributed by atoms with Crippen molar-refractivity contribution in [2.75, 3.05) is 17.7 Å². The van der Waals surface area contributed by atoms with Crippen LogP contribution in [-0.4, -0.2) is 7.05 Å². The van der Waals surface area contributed by atoms with Crippen LogP contribution >= 0.6 is 15.9 Å². The van der Waals surface area contributed by atoms with Gasteiger partial charge in [0.15, 0.2) is 0 Å². The van der Waals surface area contributed by atoms with E-state index in [4.69, 9.17) is 0 Å². The van der Waals surface area contributed by atoms with Gasteiger partial charge in [0, 0.05) is 23.8 Å². The molecule has 0 heterocycles. The van der Waals surface area contributed by atoms with E-state index in [9.17, 15) is 4.39 Å². The molecule has 2 N–H and O–H groups in total. The van der Waals surface area contributed by atoms with Gasteiger partial charge in [0.05, 0.1) is 5.69 Å². The monoisotopic (exact) mass is 308 g/mol. The first kappa shape index (κ1) is 12.9. The van der Waals surface area contributed by atoms with Crippen LogP contribution in [0.4, 0.5) is 15.8 Å². The Kier molecular flexibility index (Phi) is 4.20. The zero-order valence-electron chi connectivity index (χ0n) is 10.0. The van der Waals surface area contributed by atoms with Crippen LogP contribution in [0.1, 0.15) is 5.56 Å². The van der Waals surface area contributed by atoms with Gasteiger partial charge in [-0.15, -0.1) is 0 Å². The average molecular weight is 309 g/mol. The zero-order valence-corrected chi connectivity index (χ0v) is 11.6. The van der Waals surface area contributed by atoms with Crippen molar-refractivity contribution in [1.29, 1.82) is 0 Å². The van der Waals surface area contributed by atoms with Gasteiger partial charge in [0.2, 0.25) is 0 Å². The summed E-state index contributed by atoms with van der Waals surface area (Å²) in [5.74, 6) is -0.245. The Balaban J connectivity index is 2.04. The van der Waals surface area contributed by atoms with E-state index < -0.39 is 0 Å². The van der Waals surface area contributed by atoms with Crippen LogP contribution in [0, 0.1) is 5.82 Å². The van der Waals surface area contributed by atoms with Gasteiger partial charge in [0.25, 0.3) is 0 Å². The van der Waals surface area contributed by atoms with E-state index in [1.54, 1.807) is 12.1 Å². The summed E-state index contributed by atoms with van der Waals surface area (Å²) in [5.41, 5.74) is 2.67. The number of anilines is 2. The van der Waals surface area contributed by atoms with E-state index in [1.807, 2.05) is 31.3 Å². The SMILES string of the molecule is CNc1ccc(CNc2cc(Br)ccc2F)cc1. The third-order valence-corrected chi connectivity index (χ3v) is 3.15. The lowest BCUT2D eigenvalue weighted by Gasteiger charge is -2.09. The number of hydrogen-bond donors (Lipinski definition) is 2. The lowest BCUT2D eigenvalue weighted by Crippen LogP contribution is -2.01. The van der Waals surface area contributed by atoms with E-state index in [0.717, 1.165) is 15.7 Å². The largest absolute Gasteiger partial charge is 0.388 e. The molecule has 0 aliphatic carbocycles. The topological polar surface area (TPSA) is 24.1 Å². The van der Waals surface area contributed by atoms with Crippen molar-refractivity contribution in [3.63, 3.8) is 0 Å². The number of halogens is 2. The molecule has 0 bridgehead atoms. The van der Waals surface area contributed by atoms with Crippen LogP contribution in [-0.2, 0) is 6.54 Å². The molecule has 0 aromatic heterocycles. The summed E-state index contributed by atoms with van der Waals surface area (Å²) >= 11 is 3.33. The van der Waals surface area contributed by atoms with Crippen molar-refractivity contribution >= 4 is 27.3 Å². The Morgan fingerprint density at radius 2 is 1.83 bits per heavy atom. The summed E-state index contributed by atoms with van der Waals surface area (Å²) in [4.78, 5) is 0. The molecule has 0 spiro atoms. The van der Waals surface area contributed by atoms with Crippen LogP contribution < -0.4 is 10.6 Å². The van der Waals surface area contributed by atoms with Crippen LogP contribution in [0.5, 0.6) is 0 Å². The summed E-state index contributed by atoms with van der Waals surface area (Å²) in [6.07, 6.45) is 0. The maximum atomic E-state index is 13.5. The Labute approximate surface area is 114 Å². The minimum absolute atomic E-state index is 0.245. The number of nitrogens with one attached hydrogen (secondary N) is 2. The number of benzene rings is 2. The third kappa shape index (κ3) is 3.23. The molecule has 0 saturated carbocycles. The molecule has 0 atom stereocenters. The fourth-order valence-corrected chi connectivity index (χ4v) is 1.98. The first-order valence-corrected chi connectivity index (χ1v) is 6.44. The molecule has 18 heavy (non-hydrogen) atoms. The Hall–Kier alpha value is -1.55. The van der Waals surface area contributed by atoms with E-state index in [0.29, 0.717) is 12.2 Å². The quantitative estimate of drug-likeness (QED) is 0.882. The van der Waals surface area contributed by atoms with E-state index >= 15 is 0 Å². The highest BCUT2D eigenvalue weighted by Gasteiger charge is 2.02. The van der Waals surface area contributed by atoms with Crippen molar-refractivity contribution in [2.24, 2.45) is 0 Å². The minimum atomic E-state index is -0.245. The molecule has 2 aromatic carbocycles. The van der Waals surface area contributed by atoms with Crippen molar-refractivity contribution in [1.82, 2.24) is 0 Å². The Bertz CT molecular complexity index is 526. The number of hydrogen-bond acceptors (Lipinski definition) is 2. The standard InChI is InChI=1S/C14H14BrFN2/c1-17-12-5-2-10(3-6-12)9-18-14-8-11(15)4-7-13(14)16/h2-8,17-18H,9H2,1H3. The fourth-order valence-electron chi connectivity index (χ4n) is 1.62. The zero-order chi connectivity index (χ0) is 13.0. The molecular weight excluding hydrogens is 295 g/mol. The van der Waals surface area contributed by atoms with Crippen LogP contribution in [0.2, 0.25) is 0 Å². The fraction of sp³-hybridized carbons (Fsp3) is 0.143. The lowest BCUT2D eigenvalue weighted by atomic mass is 10.2. The predicted molar refractivity (Wildman–Crippen MR) is 77.4 cm³/mol. The predicted octanol–water partition coefficient (Wildman–Crippen LogP) is 4.24. The summed E-state index contributed by atoms with van der Waals surface area (Å²) < 4.78 is 14.4. The van der Waals surface area contributed by atoms with Crippen molar-refractivity contribution in [3.05, 3.63) is 58.3 Å². The van der Waals surface area contributed by atoms with Gasteiger partial charge in [0.1, 0.15) is 5.82 Å². The second kappa shape index (κ2) is 5.87. The van der Waals surface area contributed by atoms with Gasteiger partial charge in [-0.05, 0) is 35.9 Å². The molecule has 4 heteroatoms. The van der Waals surface area contributed by atoms with E-state index in [2.05, 4.69) is 26.6 Å². The average Bonchev–Trinajstić information content (AvgIpc) is 2.40. The van der Waals surface area contributed by atoms with Crippen molar-refractivity contribution in [3.8, 4) is 0 Å². The molecular formula is C14H14BrFN2.